The van der Waals surface area contributed by atoms with E-state index in [-0.39, 0.29) is 6.54 Å². The molecule has 0 fully saturated rings. The summed E-state index contributed by atoms with van der Waals surface area (Å²) < 4.78 is 0.744. The fourth-order valence-electron chi connectivity index (χ4n) is 2.44. The van der Waals surface area contributed by atoms with Crippen LogP contribution in [-0.2, 0) is 4.79 Å². The molecule has 0 radical (unpaired) electrons. The highest BCUT2D eigenvalue weighted by Crippen LogP contribution is 2.25. The van der Waals surface area contributed by atoms with E-state index in [4.69, 9.17) is 0 Å². The van der Waals surface area contributed by atoms with E-state index in [9.17, 15) is 14.4 Å². The molecule has 1 aliphatic rings. The maximum atomic E-state index is 12.2. The molecule has 6 heteroatoms. The molecule has 2 aromatic rings. The Kier molecular flexibility index (Phi) is 4.00. The van der Waals surface area contributed by atoms with Gasteiger partial charge in [-0.3, -0.25) is 19.3 Å². The molecule has 3 rings (SSSR count). The van der Waals surface area contributed by atoms with Crippen LogP contribution in [0.25, 0.3) is 0 Å². The fourth-order valence-corrected chi connectivity index (χ4v) is 3.03. The molecule has 0 saturated heterocycles. The van der Waals surface area contributed by atoms with Crippen LogP contribution in [0.5, 0.6) is 0 Å². The van der Waals surface area contributed by atoms with Crippen LogP contribution in [0.1, 0.15) is 26.3 Å². The summed E-state index contributed by atoms with van der Waals surface area (Å²) >= 11 is 3.37. The number of amides is 3. The van der Waals surface area contributed by atoms with Gasteiger partial charge in [0.25, 0.3) is 11.8 Å². The lowest BCUT2D eigenvalue weighted by atomic mass is 10.1. The molecule has 1 heterocycles. The number of nitrogens with zero attached hydrogens (tertiary/aromatic N) is 1. The van der Waals surface area contributed by atoms with E-state index in [1.165, 1.54) is 0 Å². The van der Waals surface area contributed by atoms with E-state index in [0.29, 0.717) is 16.8 Å². The van der Waals surface area contributed by atoms with Crippen molar-refractivity contribution in [1.82, 2.24) is 4.90 Å². The van der Waals surface area contributed by atoms with Crippen molar-refractivity contribution in [3.8, 4) is 0 Å². The Morgan fingerprint density at radius 3 is 2.26 bits per heavy atom. The van der Waals surface area contributed by atoms with Crippen LogP contribution in [0.15, 0.2) is 46.9 Å². The van der Waals surface area contributed by atoms with E-state index < -0.39 is 17.7 Å². The molecule has 5 nitrogen and oxygen atoms in total. The zero-order valence-corrected chi connectivity index (χ0v) is 13.9. The highest BCUT2D eigenvalue weighted by molar-refractivity contribution is 9.10. The average Bonchev–Trinajstić information content (AvgIpc) is 2.76. The van der Waals surface area contributed by atoms with Crippen molar-refractivity contribution in [1.29, 1.82) is 0 Å². The number of hydrogen-bond acceptors (Lipinski definition) is 3. The number of rotatable bonds is 3. The molecular weight excluding hydrogens is 360 g/mol. The van der Waals surface area contributed by atoms with Gasteiger partial charge in [0.1, 0.15) is 6.54 Å². The Morgan fingerprint density at radius 2 is 1.70 bits per heavy atom. The number of carbonyl (C=O) groups excluding carboxylic acids is 3. The molecule has 116 valence electrons. The largest absolute Gasteiger partial charge is 0.324 e. The van der Waals surface area contributed by atoms with Gasteiger partial charge in [-0.2, -0.15) is 0 Å². The first-order valence-electron chi connectivity index (χ1n) is 6.98. The molecule has 0 bridgehead atoms. The van der Waals surface area contributed by atoms with E-state index in [0.717, 1.165) is 14.9 Å². The molecule has 0 atom stereocenters. The van der Waals surface area contributed by atoms with Crippen molar-refractivity contribution in [3.63, 3.8) is 0 Å². The van der Waals surface area contributed by atoms with Gasteiger partial charge in [0.2, 0.25) is 5.91 Å². The maximum Gasteiger partial charge on any atom is 0.262 e. The number of fused-ring (bicyclic) bond motifs is 1. The number of nitrogens with one attached hydrogen (secondary N) is 1. The Hall–Kier alpha value is -2.47. The zero-order valence-electron chi connectivity index (χ0n) is 12.3. The normalized spacial score (nSPS) is 13.2. The second-order valence-electron chi connectivity index (χ2n) is 5.27. The van der Waals surface area contributed by atoms with Crippen molar-refractivity contribution in [3.05, 3.63) is 63.6 Å². The van der Waals surface area contributed by atoms with Crippen molar-refractivity contribution in [2.24, 2.45) is 0 Å². The number of hydrogen-bond donors (Lipinski definition) is 1. The minimum absolute atomic E-state index is 0.313. The minimum Gasteiger partial charge on any atom is -0.324 e. The molecule has 1 N–H and O–H groups in total. The van der Waals surface area contributed by atoms with Gasteiger partial charge < -0.3 is 5.32 Å². The minimum atomic E-state index is -0.441. The van der Waals surface area contributed by atoms with Gasteiger partial charge in [-0.25, -0.2) is 0 Å². The van der Waals surface area contributed by atoms with Gasteiger partial charge >= 0.3 is 0 Å². The number of benzene rings is 2. The van der Waals surface area contributed by atoms with Gasteiger partial charge in [0.05, 0.1) is 16.8 Å². The highest BCUT2D eigenvalue weighted by atomic mass is 79.9. The molecule has 0 spiro atoms. The van der Waals surface area contributed by atoms with Crippen LogP contribution in [0.4, 0.5) is 5.69 Å². The number of carbonyl (C=O) groups is 3. The van der Waals surface area contributed by atoms with Crippen LogP contribution in [0.2, 0.25) is 0 Å². The summed E-state index contributed by atoms with van der Waals surface area (Å²) in [6.45, 7) is 1.63. The molecular formula is C17H13BrN2O3. The summed E-state index contributed by atoms with van der Waals surface area (Å²) in [6.07, 6.45) is 0. The molecule has 0 aromatic heterocycles. The standard InChI is InChI=1S/C17H13BrN2O3/c1-10-6-7-14(13(18)8-10)19-15(21)9-20-16(22)11-4-2-3-5-12(11)17(20)23/h2-8H,9H2,1H3,(H,19,21). The number of imide groups is 1. The Balaban J connectivity index is 1.74. The van der Waals surface area contributed by atoms with Crippen molar-refractivity contribution in [2.75, 3.05) is 11.9 Å². The fraction of sp³-hybridized carbons (Fsp3) is 0.118. The lowest BCUT2D eigenvalue weighted by Gasteiger charge is -2.14. The zero-order chi connectivity index (χ0) is 16.6. The molecule has 1 aliphatic heterocycles. The Bertz CT molecular complexity index is 797. The van der Waals surface area contributed by atoms with Crippen LogP contribution in [0, 0.1) is 6.92 Å². The lowest BCUT2D eigenvalue weighted by Crippen LogP contribution is -2.37. The second kappa shape index (κ2) is 5.96. The van der Waals surface area contributed by atoms with E-state index in [2.05, 4.69) is 21.2 Å². The predicted octanol–water partition coefficient (Wildman–Crippen LogP) is 2.99. The van der Waals surface area contributed by atoms with Crippen molar-refractivity contribution >= 4 is 39.3 Å². The Labute approximate surface area is 141 Å². The number of anilines is 1. The van der Waals surface area contributed by atoms with Crippen LogP contribution < -0.4 is 5.32 Å². The van der Waals surface area contributed by atoms with Crippen molar-refractivity contribution in [2.45, 2.75) is 6.92 Å². The third-order valence-electron chi connectivity index (χ3n) is 3.58. The first-order chi connectivity index (χ1) is 11.0. The smallest absolute Gasteiger partial charge is 0.262 e. The summed E-state index contributed by atoms with van der Waals surface area (Å²) in [5, 5.41) is 2.70. The highest BCUT2D eigenvalue weighted by Gasteiger charge is 2.36. The third kappa shape index (κ3) is 2.90. The van der Waals surface area contributed by atoms with Crippen LogP contribution in [-0.4, -0.2) is 29.2 Å². The summed E-state index contributed by atoms with van der Waals surface area (Å²) in [5.74, 6) is -1.31. The van der Waals surface area contributed by atoms with E-state index in [1.54, 1.807) is 30.3 Å². The predicted molar refractivity (Wildman–Crippen MR) is 89.3 cm³/mol. The summed E-state index contributed by atoms with van der Waals surface area (Å²) in [4.78, 5) is 37.6. The van der Waals surface area contributed by atoms with E-state index in [1.807, 2.05) is 19.1 Å². The van der Waals surface area contributed by atoms with Crippen molar-refractivity contribution < 1.29 is 14.4 Å². The van der Waals surface area contributed by atoms with Crippen LogP contribution >= 0.6 is 15.9 Å². The summed E-state index contributed by atoms with van der Waals surface area (Å²) in [7, 11) is 0. The maximum absolute atomic E-state index is 12.2. The molecule has 3 amide bonds. The molecule has 0 aliphatic carbocycles. The molecule has 23 heavy (non-hydrogen) atoms. The molecule has 0 unspecified atom stereocenters. The van der Waals surface area contributed by atoms with Gasteiger partial charge in [-0.15, -0.1) is 0 Å². The monoisotopic (exact) mass is 372 g/mol. The van der Waals surface area contributed by atoms with Gasteiger partial charge in [0, 0.05) is 4.47 Å². The second-order valence-corrected chi connectivity index (χ2v) is 6.13. The summed E-state index contributed by atoms with van der Waals surface area (Å²) in [5.41, 5.74) is 2.32. The van der Waals surface area contributed by atoms with E-state index >= 15 is 0 Å². The molecule has 2 aromatic carbocycles. The van der Waals surface area contributed by atoms with Gasteiger partial charge in [-0.05, 0) is 52.7 Å². The van der Waals surface area contributed by atoms with Gasteiger partial charge in [0.15, 0.2) is 0 Å². The number of halogens is 1. The third-order valence-corrected chi connectivity index (χ3v) is 4.23. The average molecular weight is 373 g/mol. The SMILES string of the molecule is Cc1ccc(NC(=O)CN2C(=O)c3ccccc3C2=O)c(Br)c1. The summed E-state index contributed by atoms with van der Waals surface area (Å²) in [6, 6.07) is 12.1. The number of aryl methyl sites for hydroxylation is 1. The van der Waals surface area contributed by atoms with Gasteiger partial charge in [-0.1, -0.05) is 18.2 Å². The Morgan fingerprint density at radius 1 is 1.09 bits per heavy atom. The van der Waals surface area contributed by atoms with Crippen LogP contribution in [0.3, 0.4) is 0 Å². The first-order valence-corrected chi connectivity index (χ1v) is 7.78. The lowest BCUT2D eigenvalue weighted by molar-refractivity contribution is -0.116. The quantitative estimate of drug-likeness (QED) is 0.842. The molecule has 0 saturated carbocycles. The first kappa shape index (κ1) is 15.4. The topological polar surface area (TPSA) is 66.5 Å².